The average molecular weight is 936 g/mol. The Morgan fingerprint density at radius 3 is 1.04 bits per heavy atom. The molecule has 1 aliphatic heterocycles. The van der Waals surface area contributed by atoms with Crippen molar-refractivity contribution in [1.29, 1.82) is 0 Å². The summed E-state index contributed by atoms with van der Waals surface area (Å²) in [6.45, 7) is 14.4. The highest BCUT2D eigenvalue weighted by molar-refractivity contribution is 8.02. The number of hydrogen-bond acceptors (Lipinski definition) is 6. The Balaban J connectivity index is 1.05. The Kier molecular flexibility index (Phi) is 15.9. The molecule has 68 heavy (non-hydrogen) atoms. The molecule has 0 atom stereocenters. The van der Waals surface area contributed by atoms with Crippen LogP contribution in [-0.4, -0.2) is 70.4 Å². The standard InChI is InChI=1S/C61H65N3O2S2/c1-58(2,67-60(48-28-12-5-13-29-48,49-30-14-6-15-31-49)50-32-16-7-17-33-50)46-63(45-43-62-42-26-11-27-44-64-56(65)54-40-24-25-41-55(54)57(64)66)47-59(3,4)68-61(51-34-18-8-19-35-51,52-36-20-9-21-37-52)53-38-22-10-23-39-53/h5-10,12-25,28-41,62H,11,26-27,42-47H2,1-4H3. The first-order valence-corrected chi connectivity index (χ1v) is 25.8. The van der Waals surface area contributed by atoms with Crippen molar-refractivity contribution in [3.8, 4) is 0 Å². The van der Waals surface area contributed by atoms with E-state index in [1.165, 1.54) is 38.3 Å². The van der Waals surface area contributed by atoms with Crippen molar-refractivity contribution in [2.24, 2.45) is 0 Å². The van der Waals surface area contributed by atoms with Crippen LogP contribution in [0.15, 0.2) is 206 Å². The second kappa shape index (κ2) is 22.2. The Morgan fingerprint density at radius 2 is 0.721 bits per heavy atom. The van der Waals surface area contributed by atoms with Crippen molar-refractivity contribution in [2.75, 3.05) is 39.3 Å². The van der Waals surface area contributed by atoms with Gasteiger partial charge < -0.3 is 5.32 Å². The van der Waals surface area contributed by atoms with Gasteiger partial charge in [0.2, 0.25) is 0 Å². The number of carbonyl (C=O) groups excluding carboxylic acids is 2. The van der Waals surface area contributed by atoms with E-state index in [0.717, 1.165) is 52.0 Å². The van der Waals surface area contributed by atoms with E-state index in [1.54, 1.807) is 12.1 Å². The Bertz CT molecular complexity index is 2310. The normalized spacial score (nSPS) is 13.3. The summed E-state index contributed by atoms with van der Waals surface area (Å²) in [5.74, 6) is -0.346. The van der Waals surface area contributed by atoms with Crippen molar-refractivity contribution in [2.45, 2.75) is 65.9 Å². The molecule has 1 N–H and O–H groups in total. The van der Waals surface area contributed by atoms with Gasteiger partial charge in [0.05, 0.1) is 20.6 Å². The molecule has 348 valence electrons. The van der Waals surface area contributed by atoms with E-state index in [1.807, 2.05) is 12.1 Å². The van der Waals surface area contributed by atoms with Crippen LogP contribution in [0.2, 0.25) is 0 Å². The number of amides is 2. The number of rotatable bonds is 23. The Labute approximate surface area is 413 Å². The zero-order valence-corrected chi connectivity index (χ0v) is 41.7. The minimum atomic E-state index is -0.461. The summed E-state index contributed by atoms with van der Waals surface area (Å²) >= 11 is 4.10. The van der Waals surface area contributed by atoms with Crippen molar-refractivity contribution in [3.05, 3.63) is 251 Å². The lowest BCUT2D eigenvalue weighted by Crippen LogP contribution is -2.48. The average Bonchev–Trinajstić information content (AvgIpc) is 3.61. The monoisotopic (exact) mass is 935 g/mol. The first-order chi connectivity index (χ1) is 33.0. The van der Waals surface area contributed by atoms with Gasteiger partial charge in [-0.2, -0.15) is 0 Å². The highest BCUT2D eigenvalue weighted by Crippen LogP contribution is 2.55. The van der Waals surface area contributed by atoms with E-state index in [9.17, 15) is 9.59 Å². The van der Waals surface area contributed by atoms with Gasteiger partial charge >= 0.3 is 0 Å². The molecule has 0 saturated carbocycles. The number of benzene rings is 7. The number of imide groups is 1. The fourth-order valence-corrected chi connectivity index (χ4v) is 13.8. The fourth-order valence-electron chi connectivity index (χ4n) is 10.1. The number of nitrogens with zero attached hydrogens (tertiary/aromatic N) is 2. The lowest BCUT2D eigenvalue weighted by molar-refractivity contribution is 0.0651. The molecule has 1 heterocycles. The minimum Gasteiger partial charge on any atom is -0.315 e. The fraction of sp³-hybridized carbons (Fsp3) is 0.279. The Hall–Kier alpha value is -5.70. The van der Waals surface area contributed by atoms with Crippen LogP contribution in [0, 0.1) is 0 Å². The van der Waals surface area contributed by atoms with Crippen molar-refractivity contribution < 1.29 is 9.59 Å². The van der Waals surface area contributed by atoms with Gasteiger partial charge in [-0.1, -0.05) is 201 Å². The minimum absolute atomic E-state index is 0.173. The van der Waals surface area contributed by atoms with E-state index >= 15 is 0 Å². The van der Waals surface area contributed by atoms with E-state index in [0.29, 0.717) is 17.7 Å². The van der Waals surface area contributed by atoms with E-state index in [4.69, 9.17) is 0 Å². The summed E-state index contributed by atoms with van der Waals surface area (Å²) in [4.78, 5) is 30.0. The van der Waals surface area contributed by atoms with Gasteiger partial charge in [-0.15, -0.1) is 23.5 Å². The van der Waals surface area contributed by atoms with Crippen LogP contribution in [0.1, 0.15) is 101 Å². The molecule has 1 aliphatic rings. The van der Waals surface area contributed by atoms with Crippen LogP contribution in [0.4, 0.5) is 0 Å². The first kappa shape index (κ1) is 48.7. The zero-order valence-electron chi connectivity index (χ0n) is 40.0. The van der Waals surface area contributed by atoms with Crippen molar-refractivity contribution >= 4 is 35.3 Å². The van der Waals surface area contributed by atoms with Crippen LogP contribution in [0.5, 0.6) is 0 Å². The highest BCUT2D eigenvalue weighted by Gasteiger charge is 2.45. The number of fused-ring (bicyclic) bond motifs is 1. The van der Waals surface area contributed by atoms with Gasteiger partial charge in [-0.3, -0.25) is 19.4 Å². The van der Waals surface area contributed by atoms with E-state index < -0.39 is 9.49 Å². The topological polar surface area (TPSA) is 52.6 Å². The molecule has 0 radical (unpaired) electrons. The maximum atomic E-state index is 12.9. The number of nitrogens with one attached hydrogen (secondary N) is 1. The number of carbonyl (C=O) groups is 2. The smallest absolute Gasteiger partial charge is 0.261 e. The number of hydrogen-bond donors (Lipinski definition) is 1. The molecule has 0 aromatic heterocycles. The molecular formula is C61H65N3O2S2. The summed E-state index contributed by atoms with van der Waals surface area (Å²) in [7, 11) is 0. The molecule has 2 amide bonds. The second-order valence-corrected chi connectivity index (χ2v) is 23.0. The molecule has 0 aliphatic carbocycles. The first-order valence-electron chi connectivity index (χ1n) is 24.1. The quantitative estimate of drug-likeness (QED) is 0.0392. The summed E-state index contributed by atoms with van der Waals surface area (Å²) in [5, 5.41) is 3.80. The van der Waals surface area contributed by atoms with Crippen molar-refractivity contribution in [1.82, 2.24) is 15.1 Å². The molecule has 0 saturated heterocycles. The zero-order chi connectivity index (χ0) is 47.5. The highest BCUT2D eigenvalue weighted by atomic mass is 32.2. The van der Waals surface area contributed by atoms with Gasteiger partial charge in [0, 0.05) is 42.2 Å². The SMILES string of the molecule is CC(C)(CN(CCNCCCCCN1C(=O)c2ccccc2C1=O)CC(C)(C)SC(c1ccccc1)(c1ccccc1)c1ccccc1)SC(c1ccccc1)(c1ccccc1)c1ccccc1. The van der Waals surface area contributed by atoms with Crippen LogP contribution < -0.4 is 5.32 Å². The molecule has 0 spiro atoms. The van der Waals surface area contributed by atoms with Crippen LogP contribution in [0.25, 0.3) is 0 Å². The third-order valence-corrected chi connectivity index (χ3v) is 16.3. The van der Waals surface area contributed by atoms with Crippen LogP contribution >= 0.6 is 23.5 Å². The summed E-state index contributed by atoms with van der Waals surface area (Å²) in [5.41, 5.74) is 8.62. The largest absolute Gasteiger partial charge is 0.315 e. The maximum Gasteiger partial charge on any atom is 0.261 e. The number of unbranched alkanes of at least 4 members (excludes halogenated alkanes) is 2. The third-order valence-electron chi connectivity index (χ3n) is 12.9. The Morgan fingerprint density at radius 1 is 0.412 bits per heavy atom. The van der Waals surface area contributed by atoms with Gasteiger partial charge in [0.15, 0.2) is 0 Å². The molecular weight excluding hydrogens is 871 g/mol. The lowest BCUT2D eigenvalue weighted by Gasteiger charge is -2.46. The molecule has 0 unspecified atom stereocenters. The summed E-state index contributed by atoms with van der Waals surface area (Å²) in [6.07, 6.45) is 2.68. The molecule has 5 nitrogen and oxygen atoms in total. The van der Waals surface area contributed by atoms with E-state index in [-0.39, 0.29) is 21.3 Å². The lowest BCUT2D eigenvalue weighted by atomic mass is 9.84. The molecule has 7 aromatic carbocycles. The van der Waals surface area contributed by atoms with Gasteiger partial charge in [0.1, 0.15) is 0 Å². The van der Waals surface area contributed by atoms with Crippen LogP contribution in [0.3, 0.4) is 0 Å². The van der Waals surface area contributed by atoms with Crippen molar-refractivity contribution in [3.63, 3.8) is 0 Å². The summed E-state index contributed by atoms with van der Waals surface area (Å²) in [6, 6.07) is 73.4. The predicted octanol–water partition coefficient (Wildman–Crippen LogP) is 13.4. The predicted molar refractivity (Wildman–Crippen MR) is 287 cm³/mol. The van der Waals surface area contributed by atoms with Gasteiger partial charge in [0.25, 0.3) is 11.8 Å². The third kappa shape index (κ3) is 11.1. The second-order valence-electron chi connectivity index (χ2n) is 19.1. The number of thioether (sulfide) groups is 2. The molecule has 0 bridgehead atoms. The molecule has 7 aromatic rings. The molecule has 0 fully saturated rings. The molecule has 7 heteroatoms. The van der Waals surface area contributed by atoms with E-state index in [2.05, 4.69) is 243 Å². The van der Waals surface area contributed by atoms with Gasteiger partial charge in [-0.25, -0.2) is 0 Å². The van der Waals surface area contributed by atoms with Crippen LogP contribution in [-0.2, 0) is 9.49 Å². The summed E-state index contributed by atoms with van der Waals surface area (Å²) < 4.78 is -1.36. The van der Waals surface area contributed by atoms with Gasteiger partial charge in [-0.05, 0) is 92.6 Å². The maximum absolute atomic E-state index is 12.9. The molecule has 8 rings (SSSR count).